The first-order valence-electron chi connectivity index (χ1n) is 47.3. The maximum absolute atomic E-state index is 2.39. The predicted octanol–water partition coefficient (Wildman–Crippen LogP) is 35.8. The highest BCUT2D eigenvalue weighted by Crippen LogP contribution is 2.57. The van der Waals surface area contributed by atoms with Crippen molar-refractivity contribution >= 4 is 0 Å². The molecule has 6 aliphatic rings. The van der Waals surface area contributed by atoms with E-state index in [4.69, 9.17) is 0 Å². The van der Waals surface area contributed by atoms with E-state index in [0.717, 1.165) is 0 Å². The zero-order chi connectivity index (χ0) is 91.9. The molecule has 0 heterocycles. The molecule has 0 spiro atoms. The van der Waals surface area contributed by atoms with Gasteiger partial charge in [0.05, 0.1) is 0 Å². The number of hydrogen-bond donors (Lipinski definition) is 0. The topological polar surface area (TPSA) is 0 Å². The molecule has 0 unspecified atom stereocenters. The second-order valence-electron chi connectivity index (χ2n) is 40.6. The van der Waals surface area contributed by atoms with Gasteiger partial charge in [0.1, 0.15) is 0 Å². The fourth-order valence-corrected chi connectivity index (χ4v) is 22.6. The summed E-state index contributed by atoms with van der Waals surface area (Å²) in [4.78, 5) is 0. The smallest absolute Gasteiger partial charge is 0.0161 e. The van der Waals surface area contributed by atoms with Gasteiger partial charge in [0, 0.05) is 32.5 Å². The van der Waals surface area contributed by atoms with Gasteiger partial charge in [-0.05, 0) is 289 Å². The van der Waals surface area contributed by atoms with Crippen LogP contribution in [0.25, 0.3) is 134 Å². The molecule has 0 bridgehead atoms. The van der Waals surface area contributed by atoms with Crippen LogP contribution >= 0.6 is 0 Å². The van der Waals surface area contributed by atoms with Gasteiger partial charge < -0.3 is 0 Å². The molecule has 0 fully saturated rings. The van der Waals surface area contributed by atoms with E-state index in [0.29, 0.717) is 0 Å². The van der Waals surface area contributed by atoms with Crippen LogP contribution in [0.4, 0.5) is 0 Å². The van der Waals surface area contributed by atoms with Crippen molar-refractivity contribution in [1.82, 2.24) is 0 Å². The summed E-state index contributed by atoms with van der Waals surface area (Å²) >= 11 is 0. The van der Waals surface area contributed by atoms with Crippen LogP contribution in [-0.4, -0.2) is 0 Å². The summed E-state index contributed by atoms with van der Waals surface area (Å²) in [7, 11) is 0. The monoisotopic (exact) mass is 1700 g/mol. The van der Waals surface area contributed by atoms with E-state index in [-0.39, 0.29) is 32.5 Å². The van der Waals surface area contributed by atoms with Crippen LogP contribution in [0.5, 0.6) is 0 Å². The Balaban J connectivity index is 0.000000102. The molecule has 18 aromatic carbocycles. The predicted molar refractivity (Wildman–Crippen MR) is 565 cm³/mol. The van der Waals surface area contributed by atoms with Crippen molar-refractivity contribution in [2.75, 3.05) is 0 Å². The van der Waals surface area contributed by atoms with Gasteiger partial charge in [0.15, 0.2) is 0 Å². The molecule has 0 saturated heterocycles. The van der Waals surface area contributed by atoms with Crippen molar-refractivity contribution in [3.05, 3.63) is 501 Å². The fourth-order valence-electron chi connectivity index (χ4n) is 22.6. The molecule has 648 valence electrons. The summed E-state index contributed by atoms with van der Waals surface area (Å²) in [5, 5.41) is 0. The number of rotatable bonds is 6. The van der Waals surface area contributed by atoms with Crippen molar-refractivity contribution < 1.29 is 0 Å². The van der Waals surface area contributed by atoms with Gasteiger partial charge in [0.25, 0.3) is 0 Å². The first-order valence-corrected chi connectivity index (χ1v) is 47.3. The van der Waals surface area contributed by atoms with E-state index in [1.54, 1.807) is 0 Å². The lowest BCUT2D eigenvalue weighted by atomic mass is 9.80. The first-order chi connectivity index (χ1) is 63.5. The summed E-state index contributed by atoms with van der Waals surface area (Å²) in [5.74, 6) is 0. The van der Waals surface area contributed by atoms with E-state index >= 15 is 0 Å². The summed E-state index contributed by atoms with van der Waals surface area (Å²) in [5.41, 5.74) is 58.2. The van der Waals surface area contributed by atoms with Crippen LogP contribution in [0, 0.1) is 41.5 Å². The molecule has 0 nitrogen and oxygen atoms in total. The molecule has 0 heteroatoms. The molecule has 0 aliphatic heterocycles. The summed E-state index contributed by atoms with van der Waals surface area (Å²) in [6, 6.07) is 146. The Kier molecular flexibility index (Phi) is 22.7. The summed E-state index contributed by atoms with van der Waals surface area (Å²) in [6.07, 6.45) is 0. The Labute approximate surface area is 785 Å². The third-order valence-corrected chi connectivity index (χ3v) is 29.9. The number of aryl methyl sites for hydroxylation is 6. The molecule has 6 aliphatic carbocycles. The standard InChI is InChI=1S/6C22H20/c1-15-9-4-5-10-16(15)17-12-8-14-20-21(17)18-11-6-7-13-19(18)22(20,2)3;1-15-7-6-8-16(13-15)17-11-12-19-18-9-4-5-10-20(18)22(2,3)21(19)14-17;1-15-8-4-5-9-17(15)16-12-13-19-18-10-6-7-11-20(18)22(2,3)21(19)14-16;1-15-8-7-11-19-18-13-12-17(16-9-5-4-6-10-16)14-20(18)22(2,3)21(15)19;1-15-8-10-16(11-9-15)17-12-13-19-18-6-4-5-7-20(18)22(2,3)21(19)14-17;1-15-9-12-20-19(13-15)18-11-10-17(14-21(18)22(20,2)3)16-7-5-4-6-8-16/h6*4-14H,1-3H3. The molecule has 0 N–H and O–H groups in total. The second-order valence-corrected chi connectivity index (χ2v) is 40.6. The SMILES string of the molecule is Cc1ccc(-c2ccc3c(c2)C(C)(C)c2ccccc2-3)cc1.Cc1ccc2c(c1)-c1ccc(-c3ccccc3)cc1C2(C)C.Cc1cccc(-c2ccc3c(c2)C(C)(C)c2ccccc2-3)c1.Cc1cccc2c1C(C)(C)c1cc(-c3ccccc3)ccc1-2.Cc1ccccc1-c1ccc2c(c1)C(C)(C)c1ccccc1-2.Cc1ccccc1-c1cccc2c1-c1ccccc1C2(C)C. The second kappa shape index (κ2) is 34.4. The molecule has 0 atom stereocenters. The average Bonchev–Trinajstić information content (AvgIpc) is 2.13. The zero-order valence-corrected chi connectivity index (χ0v) is 80.1. The average molecular weight is 1710 g/mol. The van der Waals surface area contributed by atoms with Gasteiger partial charge in [-0.15, -0.1) is 0 Å². The van der Waals surface area contributed by atoms with Crippen molar-refractivity contribution in [2.24, 2.45) is 0 Å². The highest BCUT2D eigenvalue weighted by molar-refractivity contribution is 5.95. The van der Waals surface area contributed by atoms with Gasteiger partial charge >= 0.3 is 0 Å². The lowest BCUT2D eigenvalue weighted by molar-refractivity contribution is 0.656. The fraction of sp³-hybridized carbons (Fsp3) is 0.182. The largest absolute Gasteiger partial charge is 0.0622 e. The Bertz CT molecular complexity index is 7450. The Morgan fingerprint density at radius 1 is 0.129 bits per heavy atom. The quantitative estimate of drug-likeness (QED) is 0.156. The molecule has 24 rings (SSSR count). The van der Waals surface area contributed by atoms with Crippen LogP contribution in [0.1, 0.15) is 183 Å². The van der Waals surface area contributed by atoms with E-state index in [1.165, 1.54) is 234 Å². The van der Waals surface area contributed by atoms with E-state index in [9.17, 15) is 0 Å². The minimum Gasteiger partial charge on any atom is -0.0622 e. The van der Waals surface area contributed by atoms with Crippen molar-refractivity contribution in [3.63, 3.8) is 0 Å². The lowest BCUT2D eigenvalue weighted by Crippen LogP contribution is -2.16. The zero-order valence-electron chi connectivity index (χ0n) is 80.1. The van der Waals surface area contributed by atoms with Crippen LogP contribution in [0.3, 0.4) is 0 Å². The minimum atomic E-state index is 0.0702. The van der Waals surface area contributed by atoms with Crippen molar-refractivity contribution in [3.8, 4) is 134 Å². The maximum atomic E-state index is 2.39. The van der Waals surface area contributed by atoms with E-state index in [1.807, 2.05) is 0 Å². The molecule has 132 heavy (non-hydrogen) atoms. The Hall–Kier alpha value is -14.0. The number of benzene rings is 18. The molecule has 18 aromatic rings. The highest BCUT2D eigenvalue weighted by atomic mass is 14.5. The molecule has 0 saturated carbocycles. The highest BCUT2D eigenvalue weighted by Gasteiger charge is 2.42. The third-order valence-electron chi connectivity index (χ3n) is 29.9. The van der Waals surface area contributed by atoms with Gasteiger partial charge in [-0.1, -0.05) is 470 Å². The normalized spacial score (nSPS) is 14.5. The molecule has 0 amide bonds. The number of hydrogen-bond acceptors (Lipinski definition) is 0. The summed E-state index contributed by atoms with van der Waals surface area (Å²) < 4.78 is 0. The van der Waals surface area contributed by atoms with Gasteiger partial charge in [-0.25, -0.2) is 0 Å². The van der Waals surface area contributed by atoms with E-state index in [2.05, 4.69) is 525 Å². The Morgan fingerprint density at radius 3 is 0.871 bits per heavy atom. The van der Waals surface area contributed by atoms with Gasteiger partial charge in [-0.3, -0.25) is 0 Å². The molecular formula is C132H120. The summed E-state index contributed by atoms with van der Waals surface area (Å²) in [6.45, 7) is 41.1. The van der Waals surface area contributed by atoms with Crippen LogP contribution in [-0.2, 0) is 32.5 Å². The molecular weight excluding hydrogens is 1590 g/mol. The number of fused-ring (bicyclic) bond motifs is 18. The maximum Gasteiger partial charge on any atom is 0.0161 e. The van der Waals surface area contributed by atoms with Crippen LogP contribution in [0.2, 0.25) is 0 Å². The van der Waals surface area contributed by atoms with Crippen molar-refractivity contribution in [1.29, 1.82) is 0 Å². The van der Waals surface area contributed by atoms with Crippen LogP contribution in [0.15, 0.2) is 400 Å². The van der Waals surface area contributed by atoms with Crippen LogP contribution < -0.4 is 0 Å². The minimum absolute atomic E-state index is 0.0702. The van der Waals surface area contributed by atoms with Gasteiger partial charge in [-0.2, -0.15) is 0 Å². The molecule has 0 aromatic heterocycles. The third kappa shape index (κ3) is 15.5. The van der Waals surface area contributed by atoms with Crippen molar-refractivity contribution in [2.45, 2.75) is 157 Å². The van der Waals surface area contributed by atoms with Gasteiger partial charge in [0.2, 0.25) is 0 Å². The van der Waals surface area contributed by atoms with E-state index < -0.39 is 0 Å². The molecule has 0 radical (unpaired) electrons. The lowest BCUT2D eigenvalue weighted by Gasteiger charge is -2.23. The Morgan fingerprint density at radius 2 is 0.402 bits per heavy atom. The first kappa shape index (κ1) is 87.3.